The molecule has 0 atom stereocenters. The number of hydrogen-bond donors (Lipinski definition) is 0. The Morgan fingerprint density at radius 1 is 0.947 bits per heavy atom. The first-order valence-corrected chi connectivity index (χ1v) is 6.47. The molecule has 2 aromatic rings. The minimum absolute atomic E-state index is 0.486. The third-order valence-corrected chi connectivity index (χ3v) is 2.24. The highest BCUT2D eigenvalue weighted by Crippen LogP contribution is 2.17. The summed E-state index contributed by atoms with van der Waals surface area (Å²) in [7, 11) is 0. The normalized spacial score (nSPS) is 8.89. The molecular weight excluding hydrogens is 234 g/mol. The highest BCUT2D eigenvalue weighted by Gasteiger charge is 2.01. The first-order chi connectivity index (χ1) is 9.31. The largest absolute Gasteiger partial charge is 0.488 e. The number of rotatable bonds is 3. The lowest BCUT2D eigenvalue weighted by Gasteiger charge is -2.07. The molecule has 0 bridgehead atoms. The van der Waals surface area contributed by atoms with E-state index in [2.05, 4.69) is 19.9 Å². The molecule has 0 saturated heterocycles. The van der Waals surface area contributed by atoms with Gasteiger partial charge in [-0.25, -0.2) is 0 Å². The van der Waals surface area contributed by atoms with Gasteiger partial charge in [0.05, 0.1) is 5.56 Å². The van der Waals surface area contributed by atoms with E-state index in [4.69, 9.17) is 10.00 Å². The summed E-state index contributed by atoms with van der Waals surface area (Å²) in [6, 6.07) is 19.2. The van der Waals surface area contributed by atoms with Crippen LogP contribution in [-0.4, -0.2) is 0 Å². The van der Waals surface area contributed by atoms with Crippen LogP contribution in [0, 0.1) is 11.3 Å². The first-order valence-electron chi connectivity index (χ1n) is 6.47. The molecule has 2 aromatic carbocycles. The average Bonchev–Trinajstić information content (AvgIpc) is 2.47. The number of nitriles is 1. The maximum Gasteiger partial charge on any atom is 0.137 e. The maximum absolute atomic E-state index is 8.89. The second-order valence-corrected chi connectivity index (χ2v) is 4.09. The molecule has 0 radical (unpaired) electrons. The van der Waals surface area contributed by atoms with Crippen LogP contribution in [0.4, 0.5) is 0 Å². The van der Waals surface area contributed by atoms with Crippen LogP contribution >= 0.6 is 0 Å². The van der Waals surface area contributed by atoms with Crippen LogP contribution in [0.3, 0.4) is 0 Å². The predicted octanol–water partition coefficient (Wildman–Crippen LogP) is 4.55. The number of para-hydroxylation sites is 1. The van der Waals surface area contributed by atoms with Gasteiger partial charge in [-0.05, 0) is 17.7 Å². The summed E-state index contributed by atoms with van der Waals surface area (Å²) in [5, 5.41) is 8.89. The lowest BCUT2D eigenvalue weighted by atomic mass is 10.2. The van der Waals surface area contributed by atoms with Gasteiger partial charge in [0.2, 0.25) is 0 Å². The van der Waals surface area contributed by atoms with Gasteiger partial charge in [0.15, 0.2) is 0 Å². The van der Waals surface area contributed by atoms with Gasteiger partial charge in [-0.1, -0.05) is 62.7 Å². The van der Waals surface area contributed by atoms with Crippen molar-refractivity contribution in [2.45, 2.75) is 26.9 Å². The van der Waals surface area contributed by atoms with E-state index in [1.165, 1.54) is 6.42 Å². The fourth-order valence-electron chi connectivity index (χ4n) is 1.42. The number of hydrogen-bond acceptors (Lipinski definition) is 2. The molecule has 0 N–H and O–H groups in total. The summed E-state index contributed by atoms with van der Waals surface area (Å²) >= 11 is 0. The van der Waals surface area contributed by atoms with Gasteiger partial charge >= 0.3 is 0 Å². The van der Waals surface area contributed by atoms with Crippen LogP contribution < -0.4 is 4.74 Å². The highest BCUT2D eigenvalue weighted by atomic mass is 16.5. The second kappa shape index (κ2) is 8.77. The van der Waals surface area contributed by atoms with Gasteiger partial charge in [0.25, 0.3) is 0 Å². The van der Waals surface area contributed by atoms with E-state index in [1.54, 1.807) is 6.07 Å². The van der Waals surface area contributed by atoms with Gasteiger partial charge in [-0.3, -0.25) is 0 Å². The fourth-order valence-corrected chi connectivity index (χ4v) is 1.42. The lowest BCUT2D eigenvalue weighted by molar-refractivity contribution is 0.305. The predicted molar refractivity (Wildman–Crippen MR) is 77.9 cm³/mol. The van der Waals surface area contributed by atoms with Crippen molar-refractivity contribution in [1.82, 2.24) is 0 Å². The molecule has 0 unspecified atom stereocenters. The Labute approximate surface area is 115 Å². The van der Waals surface area contributed by atoms with E-state index in [0.717, 1.165) is 5.56 Å². The molecule has 0 heterocycles. The molecular formula is C17H19NO. The van der Waals surface area contributed by atoms with Crippen LogP contribution in [0.15, 0.2) is 54.6 Å². The minimum atomic E-state index is 0.486. The lowest BCUT2D eigenvalue weighted by Crippen LogP contribution is -1.96. The highest BCUT2D eigenvalue weighted by molar-refractivity contribution is 5.42. The molecule has 0 aliphatic carbocycles. The van der Waals surface area contributed by atoms with E-state index in [9.17, 15) is 0 Å². The quantitative estimate of drug-likeness (QED) is 0.803. The van der Waals surface area contributed by atoms with Crippen molar-refractivity contribution in [3.8, 4) is 11.8 Å². The zero-order valence-corrected chi connectivity index (χ0v) is 11.5. The maximum atomic E-state index is 8.89. The fraction of sp³-hybridized carbons (Fsp3) is 0.235. The zero-order chi connectivity index (χ0) is 13.9. The molecule has 19 heavy (non-hydrogen) atoms. The van der Waals surface area contributed by atoms with Crippen LogP contribution in [0.25, 0.3) is 0 Å². The van der Waals surface area contributed by atoms with Crippen LogP contribution in [-0.2, 0) is 6.61 Å². The zero-order valence-electron chi connectivity index (χ0n) is 11.5. The van der Waals surface area contributed by atoms with E-state index in [0.29, 0.717) is 17.9 Å². The minimum Gasteiger partial charge on any atom is -0.488 e. The molecule has 0 amide bonds. The van der Waals surface area contributed by atoms with E-state index in [-0.39, 0.29) is 0 Å². The number of benzene rings is 2. The Balaban J connectivity index is 0.000000550. The number of nitrogens with zero attached hydrogens (tertiary/aromatic N) is 1. The number of ether oxygens (including phenoxy) is 1. The molecule has 2 heteroatoms. The van der Waals surface area contributed by atoms with Gasteiger partial charge < -0.3 is 4.74 Å². The monoisotopic (exact) mass is 253 g/mol. The molecule has 0 fully saturated rings. The van der Waals surface area contributed by atoms with Crippen molar-refractivity contribution in [1.29, 1.82) is 5.26 Å². The third kappa shape index (κ3) is 5.27. The van der Waals surface area contributed by atoms with Crippen molar-refractivity contribution in [3.63, 3.8) is 0 Å². The Hall–Kier alpha value is -2.27. The van der Waals surface area contributed by atoms with Crippen LogP contribution in [0.1, 0.15) is 31.4 Å². The Morgan fingerprint density at radius 3 is 2.16 bits per heavy atom. The summed E-state index contributed by atoms with van der Waals surface area (Å²) in [5.41, 5.74) is 1.66. The molecule has 0 aliphatic heterocycles. The molecule has 0 aliphatic rings. The topological polar surface area (TPSA) is 33.0 Å². The van der Waals surface area contributed by atoms with Gasteiger partial charge in [-0.2, -0.15) is 5.26 Å². The van der Waals surface area contributed by atoms with Crippen LogP contribution in [0.2, 0.25) is 0 Å². The molecule has 2 rings (SSSR count). The second-order valence-electron chi connectivity index (χ2n) is 4.09. The standard InChI is InChI=1S/C14H11NO.C3H8/c15-10-13-8-4-5-9-14(13)16-11-12-6-2-1-3-7-12;1-3-2/h1-9H,11H2;3H2,1-2H3. The smallest absolute Gasteiger partial charge is 0.137 e. The summed E-state index contributed by atoms with van der Waals surface area (Å²) < 4.78 is 5.59. The summed E-state index contributed by atoms with van der Waals surface area (Å²) in [4.78, 5) is 0. The molecule has 0 spiro atoms. The van der Waals surface area contributed by atoms with Crippen molar-refractivity contribution in [3.05, 3.63) is 65.7 Å². The van der Waals surface area contributed by atoms with Crippen molar-refractivity contribution < 1.29 is 4.74 Å². The summed E-state index contributed by atoms with van der Waals surface area (Å²) in [5.74, 6) is 0.633. The summed E-state index contributed by atoms with van der Waals surface area (Å²) in [6.07, 6.45) is 1.25. The Bertz CT molecular complexity index is 514. The van der Waals surface area contributed by atoms with Crippen LogP contribution in [0.5, 0.6) is 5.75 Å². The van der Waals surface area contributed by atoms with Gasteiger partial charge in [-0.15, -0.1) is 0 Å². The molecule has 0 aromatic heterocycles. The Morgan fingerprint density at radius 2 is 1.53 bits per heavy atom. The van der Waals surface area contributed by atoms with E-state index >= 15 is 0 Å². The van der Waals surface area contributed by atoms with Gasteiger partial charge in [0, 0.05) is 0 Å². The van der Waals surface area contributed by atoms with E-state index in [1.807, 2.05) is 48.5 Å². The SMILES string of the molecule is CCC.N#Cc1ccccc1OCc1ccccc1. The molecule has 98 valence electrons. The van der Waals surface area contributed by atoms with Crippen molar-refractivity contribution >= 4 is 0 Å². The Kier molecular flexibility index (Phi) is 6.82. The van der Waals surface area contributed by atoms with Crippen molar-refractivity contribution in [2.75, 3.05) is 0 Å². The van der Waals surface area contributed by atoms with Gasteiger partial charge in [0.1, 0.15) is 18.4 Å². The molecule has 2 nitrogen and oxygen atoms in total. The van der Waals surface area contributed by atoms with E-state index < -0.39 is 0 Å². The molecule has 0 saturated carbocycles. The summed E-state index contributed by atoms with van der Waals surface area (Å²) in [6.45, 7) is 4.74. The third-order valence-electron chi connectivity index (χ3n) is 2.24. The van der Waals surface area contributed by atoms with Crippen molar-refractivity contribution in [2.24, 2.45) is 0 Å². The average molecular weight is 253 g/mol. The first kappa shape index (κ1) is 14.8.